The van der Waals surface area contributed by atoms with Crippen LogP contribution in [-0.4, -0.2) is 28.3 Å². The molecule has 0 fully saturated rings. The number of aliphatic hydroxyl groups is 1. The van der Waals surface area contributed by atoms with Gasteiger partial charge in [0.1, 0.15) is 6.04 Å². The first-order valence-electron chi connectivity index (χ1n) is 3.04. The number of hydrogen-bond donors (Lipinski definition) is 3. The second kappa shape index (κ2) is 6.51. The monoisotopic (exact) mass is 149 g/mol. The molecule has 4 heteroatoms. The standard InChI is InChI=1S/C3H7NO2.C3H8O/c1-2(4)3(5)6;1-3(2)4/h2H,4H2,1H3,(H,5,6);3-4H,1-2H3. The summed E-state index contributed by atoms with van der Waals surface area (Å²) in [5, 5.41) is 15.9. The van der Waals surface area contributed by atoms with Gasteiger partial charge >= 0.3 is 5.97 Å². The maximum Gasteiger partial charge on any atom is 0.320 e. The second-order valence-electron chi connectivity index (χ2n) is 2.22. The summed E-state index contributed by atoms with van der Waals surface area (Å²) < 4.78 is 0. The Balaban J connectivity index is 0. The van der Waals surface area contributed by atoms with E-state index in [4.69, 9.17) is 15.9 Å². The Bertz CT molecular complexity index is 88.2. The molecule has 0 heterocycles. The number of nitrogens with two attached hydrogens (primary N) is 1. The number of carbonyl (C=O) groups is 1. The van der Waals surface area contributed by atoms with Gasteiger partial charge in [0.2, 0.25) is 0 Å². The largest absolute Gasteiger partial charge is 0.480 e. The third-order valence-corrected chi connectivity index (χ3v) is 0.390. The lowest BCUT2D eigenvalue weighted by Gasteiger charge is -1.90. The minimum absolute atomic E-state index is 0.167. The van der Waals surface area contributed by atoms with Gasteiger partial charge in [-0.1, -0.05) is 0 Å². The molecular weight excluding hydrogens is 134 g/mol. The topological polar surface area (TPSA) is 83.5 Å². The highest BCUT2D eigenvalue weighted by Crippen LogP contribution is 1.68. The van der Waals surface area contributed by atoms with Crippen molar-refractivity contribution in [2.75, 3.05) is 0 Å². The van der Waals surface area contributed by atoms with Gasteiger partial charge in [-0.25, -0.2) is 0 Å². The lowest BCUT2D eigenvalue weighted by Crippen LogP contribution is -2.25. The van der Waals surface area contributed by atoms with Crippen molar-refractivity contribution < 1.29 is 15.0 Å². The molecule has 0 aliphatic rings. The zero-order valence-electron chi connectivity index (χ0n) is 6.53. The highest BCUT2D eigenvalue weighted by atomic mass is 16.4. The fraction of sp³-hybridized carbons (Fsp3) is 0.833. The lowest BCUT2D eigenvalue weighted by molar-refractivity contribution is -0.138. The molecule has 1 atom stereocenters. The summed E-state index contributed by atoms with van der Waals surface area (Å²) in [7, 11) is 0. The van der Waals surface area contributed by atoms with E-state index in [0.29, 0.717) is 0 Å². The highest BCUT2D eigenvalue weighted by molar-refractivity contribution is 5.72. The molecule has 0 saturated heterocycles. The zero-order chi connectivity index (χ0) is 8.73. The van der Waals surface area contributed by atoms with Gasteiger partial charge in [0.25, 0.3) is 0 Å². The third-order valence-electron chi connectivity index (χ3n) is 0.390. The highest BCUT2D eigenvalue weighted by Gasteiger charge is 1.99. The van der Waals surface area contributed by atoms with E-state index in [1.807, 2.05) is 0 Å². The number of aliphatic carboxylic acids is 1. The predicted molar refractivity (Wildman–Crippen MR) is 38.6 cm³/mol. The summed E-state index contributed by atoms with van der Waals surface area (Å²) in [4.78, 5) is 9.57. The van der Waals surface area contributed by atoms with Crippen LogP contribution in [0.15, 0.2) is 0 Å². The molecule has 0 saturated carbocycles. The fourth-order valence-corrected chi connectivity index (χ4v) is 0. The van der Waals surface area contributed by atoms with Crippen LogP contribution in [0.25, 0.3) is 0 Å². The molecule has 0 radical (unpaired) electrons. The number of hydrogen-bond acceptors (Lipinski definition) is 3. The zero-order valence-corrected chi connectivity index (χ0v) is 6.53. The van der Waals surface area contributed by atoms with Gasteiger partial charge in [-0.2, -0.15) is 0 Å². The minimum Gasteiger partial charge on any atom is -0.480 e. The Hall–Kier alpha value is -0.610. The molecule has 4 N–H and O–H groups in total. The quantitative estimate of drug-likeness (QED) is 0.482. The smallest absolute Gasteiger partial charge is 0.320 e. The van der Waals surface area contributed by atoms with E-state index in [0.717, 1.165) is 0 Å². The molecule has 0 aromatic rings. The van der Waals surface area contributed by atoms with Crippen molar-refractivity contribution >= 4 is 5.97 Å². The van der Waals surface area contributed by atoms with Crippen LogP contribution < -0.4 is 5.73 Å². The minimum atomic E-state index is -0.963. The summed E-state index contributed by atoms with van der Waals surface area (Å²) >= 11 is 0. The van der Waals surface area contributed by atoms with Crippen molar-refractivity contribution in [3.05, 3.63) is 0 Å². The van der Waals surface area contributed by atoms with E-state index >= 15 is 0 Å². The molecule has 10 heavy (non-hydrogen) atoms. The van der Waals surface area contributed by atoms with Crippen molar-refractivity contribution in [2.45, 2.75) is 32.9 Å². The molecule has 1 unspecified atom stereocenters. The molecule has 0 rings (SSSR count). The fourth-order valence-electron chi connectivity index (χ4n) is 0. The normalized spacial score (nSPS) is 11.8. The molecule has 0 spiro atoms. The molecule has 0 aromatic carbocycles. The molecule has 0 aromatic heterocycles. The van der Waals surface area contributed by atoms with Gasteiger partial charge in [0.15, 0.2) is 0 Å². The van der Waals surface area contributed by atoms with Gasteiger partial charge in [-0.15, -0.1) is 0 Å². The number of aliphatic hydroxyl groups excluding tert-OH is 1. The number of carboxylic acids is 1. The van der Waals surface area contributed by atoms with Gasteiger partial charge in [-0.05, 0) is 20.8 Å². The SMILES string of the molecule is CC(C)O.CC(N)C(=O)O. The Kier molecular flexibility index (Phi) is 7.88. The molecule has 0 amide bonds. The summed E-state index contributed by atoms with van der Waals surface area (Å²) in [5.41, 5.74) is 4.84. The number of rotatable bonds is 1. The lowest BCUT2D eigenvalue weighted by atomic mass is 10.4. The predicted octanol–water partition coefficient (Wildman–Crippen LogP) is -0.195. The van der Waals surface area contributed by atoms with E-state index in [1.54, 1.807) is 13.8 Å². The van der Waals surface area contributed by atoms with Crippen LogP contribution in [0.5, 0.6) is 0 Å². The van der Waals surface area contributed by atoms with Gasteiger partial charge in [0, 0.05) is 6.10 Å². The molecule has 4 nitrogen and oxygen atoms in total. The van der Waals surface area contributed by atoms with Crippen LogP contribution in [0, 0.1) is 0 Å². The summed E-state index contributed by atoms with van der Waals surface area (Å²) in [6, 6.07) is -0.731. The van der Waals surface area contributed by atoms with Crippen molar-refractivity contribution in [2.24, 2.45) is 5.73 Å². The van der Waals surface area contributed by atoms with Crippen molar-refractivity contribution in [3.8, 4) is 0 Å². The van der Waals surface area contributed by atoms with Crippen molar-refractivity contribution in [1.29, 1.82) is 0 Å². The third kappa shape index (κ3) is 26.3. The molecular formula is C6H15NO3. The van der Waals surface area contributed by atoms with Crippen molar-refractivity contribution in [3.63, 3.8) is 0 Å². The maximum atomic E-state index is 9.57. The van der Waals surface area contributed by atoms with Crippen LogP contribution in [0.2, 0.25) is 0 Å². The summed E-state index contributed by atoms with van der Waals surface area (Å²) in [5.74, 6) is -0.963. The van der Waals surface area contributed by atoms with Gasteiger partial charge in [-0.3, -0.25) is 4.79 Å². The first-order chi connectivity index (χ1) is 4.37. The Morgan fingerprint density at radius 1 is 1.40 bits per heavy atom. The molecule has 0 aliphatic carbocycles. The van der Waals surface area contributed by atoms with E-state index in [-0.39, 0.29) is 6.10 Å². The van der Waals surface area contributed by atoms with Gasteiger partial charge in [0.05, 0.1) is 0 Å². The van der Waals surface area contributed by atoms with E-state index in [2.05, 4.69) is 0 Å². The van der Waals surface area contributed by atoms with Crippen LogP contribution in [0.3, 0.4) is 0 Å². The van der Waals surface area contributed by atoms with Crippen molar-refractivity contribution in [1.82, 2.24) is 0 Å². The Labute approximate surface area is 60.7 Å². The summed E-state index contributed by atoms with van der Waals surface area (Å²) in [6.07, 6.45) is -0.167. The van der Waals surface area contributed by atoms with E-state index < -0.39 is 12.0 Å². The summed E-state index contributed by atoms with van der Waals surface area (Å²) in [6.45, 7) is 4.86. The number of carboxylic acid groups (broad SMARTS) is 1. The Morgan fingerprint density at radius 2 is 1.50 bits per heavy atom. The molecule has 0 bridgehead atoms. The first-order valence-corrected chi connectivity index (χ1v) is 3.04. The Morgan fingerprint density at radius 3 is 1.50 bits per heavy atom. The second-order valence-corrected chi connectivity index (χ2v) is 2.22. The van der Waals surface area contributed by atoms with E-state index in [1.165, 1.54) is 6.92 Å². The first kappa shape index (κ1) is 12.1. The van der Waals surface area contributed by atoms with Gasteiger partial charge < -0.3 is 15.9 Å². The average molecular weight is 149 g/mol. The van der Waals surface area contributed by atoms with Crippen LogP contribution >= 0.6 is 0 Å². The van der Waals surface area contributed by atoms with Crippen LogP contribution in [0.4, 0.5) is 0 Å². The van der Waals surface area contributed by atoms with Crippen LogP contribution in [0.1, 0.15) is 20.8 Å². The van der Waals surface area contributed by atoms with Crippen LogP contribution in [-0.2, 0) is 4.79 Å². The maximum absolute atomic E-state index is 9.57. The average Bonchev–Trinajstić information content (AvgIpc) is 1.63. The molecule has 0 aliphatic heterocycles. The molecule has 62 valence electrons. The van der Waals surface area contributed by atoms with E-state index in [9.17, 15) is 4.79 Å².